The first-order chi connectivity index (χ1) is 14.2. The summed E-state index contributed by atoms with van der Waals surface area (Å²) in [5, 5.41) is 8.00. The van der Waals surface area contributed by atoms with Crippen molar-refractivity contribution in [2.24, 2.45) is 0 Å². The third kappa shape index (κ3) is 3.81. The second kappa shape index (κ2) is 7.37. The Morgan fingerprint density at radius 1 is 0.867 bits per heavy atom. The first-order valence-electron chi connectivity index (χ1n) is 10.1. The molecule has 0 atom stereocenters. The molecule has 4 N–H and O–H groups in total. The third-order valence-corrected chi connectivity index (χ3v) is 5.22. The van der Waals surface area contributed by atoms with Crippen LogP contribution in [0.25, 0.3) is 21.8 Å². The van der Waals surface area contributed by atoms with E-state index in [9.17, 15) is 9.59 Å². The Kier molecular flexibility index (Phi) is 4.86. The molecule has 30 heavy (non-hydrogen) atoms. The van der Waals surface area contributed by atoms with Gasteiger partial charge in [-0.1, -0.05) is 6.07 Å². The van der Waals surface area contributed by atoms with Gasteiger partial charge in [-0.05, 0) is 75.5 Å². The number of amides is 2. The largest absolute Gasteiger partial charge is 0.361 e. The van der Waals surface area contributed by atoms with Crippen LogP contribution in [-0.2, 0) is 5.54 Å². The number of carbonyl (C=O) groups is 2. The molecule has 0 aliphatic carbocycles. The third-order valence-electron chi connectivity index (χ3n) is 5.22. The summed E-state index contributed by atoms with van der Waals surface area (Å²) < 4.78 is 0. The molecule has 0 fully saturated rings. The number of carbonyl (C=O) groups excluding carboxylic acids is 2. The van der Waals surface area contributed by atoms with Crippen molar-refractivity contribution in [3.05, 3.63) is 71.5 Å². The molecule has 0 radical (unpaired) electrons. The molecule has 6 nitrogen and oxygen atoms in total. The molecule has 0 aliphatic rings. The number of rotatable bonds is 5. The maximum absolute atomic E-state index is 12.9. The van der Waals surface area contributed by atoms with Gasteiger partial charge in [0.15, 0.2) is 0 Å². The van der Waals surface area contributed by atoms with E-state index in [0.29, 0.717) is 11.1 Å². The van der Waals surface area contributed by atoms with Crippen LogP contribution in [0.1, 0.15) is 54.1 Å². The summed E-state index contributed by atoms with van der Waals surface area (Å²) in [6.45, 7) is 7.78. The average Bonchev–Trinajstić information content (AvgIpc) is 3.32. The van der Waals surface area contributed by atoms with Crippen molar-refractivity contribution in [3.63, 3.8) is 0 Å². The topological polar surface area (TPSA) is 89.8 Å². The fourth-order valence-corrected chi connectivity index (χ4v) is 3.57. The lowest BCUT2D eigenvalue weighted by Gasteiger charge is -2.25. The zero-order chi connectivity index (χ0) is 21.5. The smallest absolute Gasteiger partial charge is 0.252 e. The van der Waals surface area contributed by atoms with E-state index in [1.807, 2.05) is 82.4 Å². The van der Waals surface area contributed by atoms with Crippen LogP contribution in [0.15, 0.2) is 54.7 Å². The van der Waals surface area contributed by atoms with Crippen LogP contribution < -0.4 is 10.6 Å². The lowest BCUT2D eigenvalue weighted by Crippen LogP contribution is -2.41. The molecule has 2 aromatic heterocycles. The molecule has 0 saturated carbocycles. The van der Waals surface area contributed by atoms with Crippen molar-refractivity contribution < 1.29 is 9.59 Å². The van der Waals surface area contributed by atoms with Crippen molar-refractivity contribution in [1.29, 1.82) is 0 Å². The number of aromatic amines is 2. The Hall–Kier alpha value is -3.54. The SMILES string of the molecule is CC(C)NC(=O)c1ccc2cc(C(C)(C)NC(=O)c3ccc4[nH]ccc4c3)[nH]c2c1. The van der Waals surface area contributed by atoms with Gasteiger partial charge in [0.1, 0.15) is 0 Å². The average molecular weight is 402 g/mol. The molecule has 2 heterocycles. The summed E-state index contributed by atoms with van der Waals surface area (Å²) in [6, 6.07) is 15.2. The predicted molar refractivity (Wildman–Crippen MR) is 120 cm³/mol. The summed E-state index contributed by atoms with van der Waals surface area (Å²) in [6.07, 6.45) is 1.86. The summed E-state index contributed by atoms with van der Waals surface area (Å²) in [4.78, 5) is 31.7. The van der Waals surface area contributed by atoms with Crippen LogP contribution in [0.4, 0.5) is 0 Å². The molecule has 154 valence electrons. The molecule has 0 aliphatic heterocycles. The van der Waals surface area contributed by atoms with Gasteiger partial charge in [-0.25, -0.2) is 0 Å². The van der Waals surface area contributed by atoms with E-state index in [2.05, 4.69) is 20.6 Å². The van der Waals surface area contributed by atoms with Crippen molar-refractivity contribution in [2.45, 2.75) is 39.3 Å². The number of H-pyrrole nitrogens is 2. The summed E-state index contributed by atoms with van der Waals surface area (Å²) in [5.41, 5.74) is 3.32. The normalized spacial score (nSPS) is 11.9. The number of aromatic nitrogens is 2. The first kappa shape index (κ1) is 19.8. The Morgan fingerprint density at radius 2 is 1.57 bits per heavy atom. The number of nitrogens with one attached hydrogen (secondary N) is 4. The van der Waals surface area contributed by atoms with E-state index in [1.165, 1.54) is 0 Å². The number of hydrogen-bond donors (Lipinski definition) is 4. The van der Waals surface area contributed by atoms with Crippen molar-refractivity contribution in [3.8, 4) is 0 Å². The van der Waals surface area contributed by atoms with E-state index < -0.39 is 5.54 Å². The van der Waals surface area contributed by atoms with Gasteiger partial charge in [-0.2, -0.15) is 0 Å². The van der Waals surface area contributed by atoms with Gasteiger partial charge in [0.2, 0.25) is 0 Å². The quantitative estimate of drug-likeness (QED) is 0.397. The highest BCUT2D eigenvalue weighted by Crippen LogP contribution is 2.26. The number of fused-ring (bicyclic) bond motifs is 2. The van der Waals surface area contributed by atoms with Gasteiger partial charge in [-0.15, -0.1) is 0 Å². The molecule has 0 bridgehead atoms. The van der Waals surface area contributed by atoms with Crippen LogP contribution >= 0.6 is 0 Å². The number of benzene rings is 2. The van der Waals surface area contributed by atoms with E-state index in [4.69, 9.17) is 0 Å². The van der Waals surface area contributed by atoms with Gasteiger partial charge in [0.05, 0.1) is 5.54 Å². The maximum atomic E-state index is 12.9. The summed E-state index contributed by atoms with van der Waals surface area (Å²) in [7, 11) is 0. The molecule has 4 aromatic rings. The highest BCUT2D eigenvalue weighted by molar-refractivity contribution is 5.99. The van der Waals surface area contributed by atoms with Crippen LogP contribution in [0.5, 0.6) is 0 Å². The molecule has 2 aromatic carbocycles. The van der Waals surface area contributed by atoms with E-state index in [-0.39, 0.29) is 17.9 Å². The minimum Gasteiger partial charge on any atom is -0.361 e. The van der Waals surface area contributed by atoms with Crippen molar-refractivity contribution in [1.82, 2.24) is 20.6 Å². The van der Waals surface area contributed by atoms with E-state index in [0.717, 1.165) is 27.5 Å². The molecule has 0 saturated heterocycles. The second-order valence-electron chi connectivity index (χ2n) is 8.47. The van der Waals surface area contributed by atoms with Crippen molar-refractivity contribution >= 4 is 33.6 Å². The fraction of sp³-hybridized carbons (Fsp3) is 0.250. The molecule has 4 rings (SSSR count). The molecule has 2 amide bonds. The van der Waals surface area contributed by atoms with Gasteiger partial charge in [-0.3, -0.25) is 9.59 Å². The molecular formula is C24H26N4O2. The van der Waals surface area contributed by atoms with Crippen molar-refractivity contribution in [2.75, 3.05) is 0 Å². The second-order valence-corrected chi connectivity index (χ2v) is 8.47. The molecule has 6 heteroatoms. The van der Waals surface area contributed by atoms with Gasteiger partial charge in [0, 0.05) is 45.5 Å². The Balaban J connectivity index is 1.58. The molecular weight excluding hydrogens is 376 g/mol. The van der Waals surface area contributed by atoms with Crippen LogP contribution in [-0.4, -0.2) is 27.8 Å². The first-order valence-corrected chi connectivity index (χ1v) is 10.1. The van der Waals surface area contributed by atoms with E-state index in [1.54, 1.807) is 0 Å². The summed E-state index contributed by atoms with van der Waals surface area (Å²) >= 11 is 0. The van der Waals surface area contributed by atoms with Gasteiger partial charge < -0.3 is 20.6 Å². The van der Waals surface area contributed by atoms with Crippen LogP contribution in [0, 0.1) is 0 Å². The van der Waals surface area contributed by atoms with E-state index >= 15 is 0 Å². The molecule has 0 unspecified atom stereocenters. The van der Waals surface area contributed by atoms with Gasteiger partial charge in [0.25, 0.3) is 11.8 Å². The molecule has 0 spiro atoms. The Labute approximate surface area is 175 Å². The fourth-order valence-electron chi connectivity index (χ4n) is 3.57. The Morgan fingerprint density at radius 3 is 2.33 bits per heavy atom. The minimum atomic E-state index is -0.621. The highest BCUT2D eigenvalue weighted by Gasteiger charge is 2.26. The maximum Gasteiger partial charge on any atom is 0.252 e. The monoisotopic (exact) mass is 402 g/mol. The minimum absolute atomic E-state index is 0.0760. The highest BCUT2D eigenvalue weighted by atomic mass is 16.2. The standard InChI is InChI=1S/C24H26N4O2/c1-14(2)26-22(29)18-6-5-15-13-21(27-20(15)12-18)24(3,4)28-23(30)17-7-8-19-16(11-17)9-10-25-19/h5-14,25,27H,1-4H3,(H,26,29)(H,28,30). The van der Waals surface area contributed by atoms with Crippen LogP contribution in [0.3, 0.4) is 0 Å². The van der Waals surface area contributed by atoms with Gasteiger partial charge >= 0.3 is 0 Å². The Bertz CT molecular complexity index is 1250. The lowest BCUT2D eigenvalue weighted by atomic mass is 9.99. The summed E-state index contributed by atoms with van der Waals surface area (Å²) in [5.74, 6) is -0.241. The van der Waals surface area contributed by atoms with Crippen LogP contribution in [0.2, 0.25) is 0 Å². The number of hydrogen-bond acceptors (Lipinski definition) is 2. The zero-order valence-corrected chi connectivity index (χ0v) is 17.6. The zero-order valence-electron chi connectivity index (χ0n) is 17.6. The lowest BCUT2D eigenvalue weighted by molar-refractivity contribution is 0.0908. The predicted octanol–water partition coefficient (Wildman–Crippen LogP) is 4.45.